The first-order chi connectivity index (χ1) is 7.81. The smallest absolute Gasteiger partial charge is 0.388 e. The van der Waals surface area contributed by atoms with Gasteiger partial charge in [0.25, 0.3) is 0 Å². The molecular formula is C11H11Cl2F3O. The molecular weight excluding hydrogens is 276 g/mol. The third kappa shape index (κ3) is 4.74. The van der Waals surface area contributed by atoms with Crippen molar-refractivity contribution in [2.24, 2.45) is 0 Å². The van der Waals surface area contributed by atoms with Gasteiger partial charge in [-0.3, -0.25) is 0 Å². The molecule has 96 valence electrons. The minimum atomic E-state index is -4.20. The highest BCUT2D eigenvalue weighted by Gasteiger charge is 2.27. The lowest BCUT2D eigenvalue weighted by Crippen LogP contribution is -2.08. The molecule has 0 bridgehead atoms. The monoisotopic (exact) mass is 286 g/mol. The Bertz CT molecular complexity index is 359. The molecule has 0 saturated carbocycles. The minimum absolute atomic E-state index is 0.0248. The third-order valence-electron chi connectivity index (χ3n) is 2.27. The number of aliphatic hydroxyl groups excluding tert-OH is 1. The van der Waals surface area contributed by atoms with Gasteiger partial charge in [0.15, 0.2) is 0 Å². The van der Waals surface area contributed by atoms with Crippen LogP contribution in [-0.2, 0) is 0 Å². The van der Waals surface area contributed by atoms with Gasteiger partial charge in [-0.25, -0.2) is 0 Å². The standard InChI is InChI=1S/C11H11Cl2F3O/c12-7-3-1-4-8(13)10(7)9(17)5-2-6-11(14,15)16/h1,3-4,9,17H,2,5-6H2. The van der Waals surface area contributed by atoms with Crippen molar-refractivity contribution in [1.82, 2.24) is 0 Å². The number of rotatable bonds is 4. The van der Waals surface area contributed by atoms with Gasteiger partial charge in [0, 0.05) is 22.0 Å². The van der Waals surface area contributed by atoms with Gasteiger partial charge in [0.2, 0.25) is 0 Å². The van der Waals surface area contributed by atoms with Crippen LogP contribution in [-0.4, -0.2) is 11.3 Å². The van der Waals surface area contributed by atoms with Crippen molar-refractivity contribution in [2.45, 2.75) is 31.5 Å². The van der Waals surface area contributed by atoms with Crippen molar-refractivity contribution in [3.05, 3.63) is 33.8 Å². The second-order valence-electron chi connectivity index (χ2n) is 3.66. The maximum Gasteiger partial charge on any atom is 0.389 e. The Morgan fingerprint density at radius 2 is 1.71 bits per heavy atom. The zero-order chi connectivity index (χ0) is 13.1. The minimum Gasteiger partial charge on any atom is -0.388 e. The molecule has 6 heteroatoms. The van der Waals surface area contributed by atoms with E-state index < -0.39 is 18.7 Å². The van der Waals surface area contributed by atoms with E-state index >= 15 is 0 Å². The summed E-state index contributed by atoms with van der Waals surface area (Å²) in [5.74, 6) is 0. The molecule has 0 heterocycles. The molecule has 17 heavy (non-hydrogen) atoms. The fourth-order valence-corrected chi connectivity index (χ4v) is 2.12. The summed E-state index contributed by atoms with van der Waals surface area (Å²) in [6, 6.07) is 4.68. The van der Waals surface area contributed by atoms with E-state index in [-0.39, 0.29) is 28.5 Å². The van der Waals surface area contributed by atoms with E-state index in [2.05, 4.69) is 0 Å². The first-order valence-corrected chi connectivity index (χ1v) is 5.75. The lowest BCUT2D eigenvalue weighted by molar-refractivity contribution is -0.136. The maximum atomic E-state index is 11.9. The molecule has 1 rings (SSSR count). The van der Waals surface area contributed by atoms with Crippen molar-refractivity contribution in [2.75, 3.05) is 0 Å². The van der Waals surface area contributed by atoms with Crippen LogP contribution in [0.1, 0.15) is 30.9 Å². The van der Waals surface area contributed by atoms with Gasteiger partial charge >= 0.3 is 6.18 Å². The van der Waals surface area contributed by atoms with Crippen molar-refractivity contribution >= 4 is 23.2 Å². The van der Waals surface area contributed by atoms with E-state index in [1.54, 1.807) is 6.07 Å². The Hall–Kier alpha value is -0.450. The summed E-state index contributed by atoms with van der Waals surface area (Å²) in [4.78, 5) is 0. The normalized spacial score (nSPS) is 13.8. The van der Waals surface area contributed by atoms with E-state index in [1.165, 1.54) is 12.1 Å². The van der Waals surface area contributed by atoms with Crippen molar-refractivity contribution < 1.29 is 18.3 Å². The number of hydrogen-bond acceptors (Lipinski definition) is 1. The predicted molar refractivity (Wildman–Crippen MR) is 61.3 cm³/mol. The average molecular weight is 287 g/mol. The van der Waals surface area contributed by atoms with Crippen molar-refractivity contribution in [3.8, 4) is 0 Å². The lowest BCUT2D eigenvalue weighted by Gasteiger charge is -2.14. The summed E-state index contributed by atoms with van der Waals surface area (Å²) in [6.07, 6.45) is -6.38. The molecule has 1 nitrogen and oxygen atoms in total. The van der Waals surface area contributed by atoms with Crippen LogP contribution in [0.25, 0.3) is 0 Å². The SMILES string of the molecule is OC(CCCC(F)(F)F)c1c(Cl)cccc1Cl. The van der Waals surface area contributed by atoms with Crippen LogP contribution in [0.4, 0.5) is 13.2 Å². The highest BCUT2D eigenvalue weighted by atomic mass is 35.5. The van der Waals surface area contributed by atoms with E-state index in [4.69, 9.17) is 23.2 Å². The van der Waals surface area contributed by atoms with Crippen LogP contribution in [0.15, 0.2) is 18.2 Å². The van der Waals surface area contributed by atoms with Crippen molar-refractivity contribution in [1.29, 1.82) is 0 Å². The molecule has 1 aromatic rings. The van der Waals surface area contributed by atoms with E-state index in [0.717, 1.165) is 0 Å². The highest BCUT2D eigenvalue weighted by Crippen LogP contribution is 2.33. The van der Waals surface area contributed by atoms with Gasteiger partial charge in [-0.05, 0) is 25.0 Å². The summed E-state index contributed by atoms with van der Waals surface area (Å²) in [6.45, 7) is 0. The molecule has 0 radical (unpaired) electrons. The maximum absolute atomic E-state index is 11.9. The molecule has 1 N–H and O–H groups in total. The summed E-state index contributed by atoms with van der Waals surface area (Å²) in [5.41, 5.74) is 0.290. The Kier molecular flexibility index (Phi) is 5.10. The Morgan fingerprint density at radius 1 is 1.18 bits per heavy atom. The number of alkyl halides is 3. The Balaban J connectivity index is 2.61. The molecule has 0 aliphatic carbocycles. The largest absolute Gasteiger partial charge is 0.389 e. The van der Waals surface area contributed by atoms with Gasteiger partial charge < -0.3 is 5.11 Å². The van der Waals surface area contributed by atoms with Crippen LogP contribution in [0.3, 0.4) is 0 Å². The highest BCUT2D eigenvalue weighted by molar-refractivity contribution is 6.36. The summed E-state index contributed by atoms with van der Waals surface area (Å²) < 4.78 is 35.8. The van der Waals surface area contributed by atoms with Crippen LogP contribution in [0, 0.1) is 0 Å². The number of benzene rings is 1. The van der Waals surface area contributed by atoms with E-state index in [0.29, 0.717) is 0 Å². The first kappa shape index (κ1) is 14.6. The van der Waals surface area contributed by atoms with Crippen LogP contribution >= 0.6 is 23.2 Å². The second-order valence-corrected chi connectivity index (χ2v) is 4.47. The number of halogens is 5. The topological polar surface area (TPSA) is 20.2 Å². The Labute approximate surface area is 107 Å². The lowest BCUT2D eigenvalue weighted by atomic mass is 10.0. The van der Waals surface area contributed by atoms with Crippen molar-refractivity contribution in [3.63, 3.8) is 0 Å². The van der Waals surface area contributed by atoms with Gasteiger partial charge in [-0.1, -0.05) is 29.3 Å². The molecule has 0 aliphatic rings. The van der Waals surface area contributed by atoms with Gasteiger partial charge in [-0.2, -0.15) is 13.2 Å². The molecule has 0 saturated heterocycles. The van der Waals surface area contributed by atoms with Gasteiger partial charge in [-0.15, -0.1) is 0 Å². The quantitative estimate of drug-likeness (QED) is 0.846. The molecule has 0 aliphatic heterocycles. The van der Waals surface area contributed by atoms with Gasteiger partial charge in [0.05, 0.1) is 6.10 Å². The molecule has 0 amide bonds. The fourth-order valence-electron chi connectivity index (χ4n) is 1.47. The molecule has 0 aromatic heterocycles. The molecule has 1 atom stereocenters. The second kappa shape index (κ2) is 5.94. The van der Waals surface area contributed by atoms with Crippen LogP contribution < -0.4 is 0 Å². The summed E-state index contributed by atoms with van der Waals surface area (Å²) >= 11 is 11.7. The zero-order valence-electron chi connectivity index (χ0n) is 8.77. The number of hydrogen-bond donors (Lipinski definition) is 1. The molecule has 1 aromatic carbocycles. The third-order valence-corrected chi connectivity index (χ3v) is 2.93. The summed E-state index contributed by atoms with van der Waals surface area (Å²) in [7, 11) is 0. The van der Waals surface area contributed by atoms with E-state index in [9.17, 15) is 18.3 Å². The number of aliphatic hydroxyl groups is 1. The fraction of sp³-hybridized carbons (Fsp3) is 0.455. The average Bonchev–Trinajstić information content (AvgIpc) is 2.15. The van der Waals surface area contributed by atoms with Crippen LogP contribution in [0.5, 0.6) is 0 Å². The predicted octanol–water partition coefficient (Wildman–Crippen LogP) is 4.76. The molecule has 0 fully saturated rings. The summed E-state index contributed by atoms with van der Waals surface area (Å²) in [5, 5.41) is 10.3. The first-order valence-electron chi connectivity index (χ1n) is 5.00. The van der Waals surface area contributed by atoms with Crippen LogP contribution in [0.2, 0.25) is 10.0 Å². The van der Waals surface area contributed by atoms with E-state index in [1.807, 2.05) is 0 Å². The Morgan fingerprint density at radius 3 is 2.18 bits per heavy atom. The zero-order valence-corrected chi connectivity index (χ0v) is 10.3. The van der Waals surface area contributed by atoms with Gasteiger partial charge in [0.1, 0.15) is 0 Å². The molecule has 1 unspecified atom stereocenters. The molecule has 0 spiro atoms.